The van der Waals surface area contributed by atoms with E-state index in [-0.39, 0.29) is 12.4 Å². The first-order valence-corrected chi connectivity index (χ1v) is 9.07. The van der Waals surface area contributed by atoms with Crippen LogP contribution in [0.3, 0.4) is 0 Å². The van der Waals surface area contributed by atoms with Gasteiger partial charge in [-0.1, -0.05) is 30.3 Å². The standard InChI is InChI=1S/C22H24FNO4/c1-26-21-10-4-2-7-17(21)13-24(15-19-8-6-12-27-19)14-18(25)16-28-22-11-5-3-9-20(22)23/h2-12,18,25H,13-16H2,1H3. The van der Waals surface area contributed by atoms with Gasteiger partial charge in [-0.25, -0.2) is 4.39 Å². The summed E-state index contributed by atoms with van der Waals surface area (Å²) in [6.07, 6.45) is 0.818. The topological polar surface area (TPSA) is 55.1 Å². The Morgan fingerprint density at radius 2 is 1.75 bits per heavy atom. The van der Waals surface area contributed by atoms with Crippen LogP contribution in [-0.2, 0) is 13.1 Å². The lowest BCUT2D eigenvalue weighted by molar-refractivity contribution is 0.0589. The molecule has 6 heteroatoms. The summed E-state index contributed by atoms with van der Waals surface area (Å²) in [6, 6.07) is 17.6. The Hall–Kier alpha value is -2.83. The third kappa shape index (κ3) is 5.58. The van der Waals surface area contributed by atoms with Gasteiger partial charge in [-0.3, -0.25) is 4.90 Å². The molecule has 0 saturated heterocycles. The molecule has 1 atom stereocenters. The molecular formula is C22H24FNO4. The number of furan rings is 1. The number of hydrogen-bond donors (Lipinski definition) is 1. The van der Waals surface area contributed by atoms with E-state index in [4.69, 9.17) is 13.9 Å². The number of aliphatic hydroxyl groups excluding tert-OH is 1. The molecule has 0 radical (unpaired) electrons. The van der Waals surface area contributed by atoms with Gasteiger partial charge in [0.15, 0.2) is 11.6 Å². The Kier molecular flexibility index (Phi) is 7.06. The molecule has 0 aliphatic heterocycles. The van der Waals surface area contributed by atoms with Gasteiger partial charge in [-0.2, -0.15) is 0 Å². The monoisotopic (exact) mass is 385 g/mol. The minimum absolute atomic E-state index is 0.0124. The van der Waals surface area contributed by atoms with Crippen LogP contribution in [-0.4, -0.2) is 36.4 Å². The van der Waals surface area contributed by atoms with Crippen molar-refractivity contribution in [2.75, 3.05) is 20.3 Å². The molecule has 28 heavy (non-hydrogen) atoms. The third-order valence-corrected chi connectivity index (χ3v) is 4.28. The van der Waals surface area contributed by atoms with Crippen LogP contribution < -0.4 is 9.47 Å². The lowest BCUT2D eigenvalue weighted by Crippen LogP contribution is -2.35. The molecule has 5 nitrogen and oxygen atoms in total. The van der Waals surface area contributed by atoms with E-state index in [1.807, 2.05) is 41.3 Å². The number of methoxy groups -OCH3 is 1. The number of ether oxygens (including phenoxy) is 2. The number of hydrogen-bond acceptors (Lipinski definition) is 5. The number of nitrogens with zero attached hydrogens (tertiary/aromatic N) is 1. The number of halogens is 1. The summed E-state index contributed by atoms with van der Waals surface area (Å²) < 4.78 is 30.0. The second-order valence-corrected chi connectivity index (χ2v) is 6.46. The molecule has 0 amide bonds. The highest BCUT2D eigenvalue weighted by Gasteiger charge is 2.17. The van der Waals surface area contributed by atoms with Gasteiger partial charge in [-0.15, -0.1) is 0 Å². The van der Waals surface area contributed by atoms with Gasteiger partial charge in [0, 0.05) is 18.7 Å². The van der Waals surface area contributed by atoms with Crippen LogP contribution in [0.5, 0.6) is 11.5 Å². The fraction of sp³-hybridized carbons (Fsp3) is 0.273. The summed E-state index contributed by atoms with van der Waals surface area (Å²) in [5.74, 6) is 1.25. The Morgan fingerprint density at radius 3 is 2.46 bits per heavy atom. The van der Waals surface area contributed by atoms with Gasteiger partial charge in [0.25, 0.3) is 0 Å². The smallest absolute Gasteiger partial charge is 0.165 e. The summed E-state index contributed by atoms with van der Waals surface area (Å²) in [7, 11) is 1.63. The fourth-order valence-corrected chi connectivity index (χ4v) is 2.98. The lowest BCUT2D eigenvalue weighted by Gasteiger charge is -2.25. The highest BCUT2D eigenvalue weighted by atomic mass is 19.1. The first-order chi connectivity index (χ1) is 13.7. The first kappa shape index (κ1) is 19.9. The molecule has 1 N–H and O–H groups in total. The van der Waals surface area contributed by atoms with E-state index in [1.165, 1.54) is 12.1 Å². The zero-order valence-corrected chi connectivity index (χ0v) is 15.8. The van der Waals surface area contributed by atoms with Crippen molar-refractivity contribution >= 4 is 0 Å². The average Bonchev–Trinajstić information content (AvgIpc) is 3.21. The third-order valence-electron chi connectivity index (χ3n) is 4.28. The molecule has 0 saturated carbocycles. The molecule has 0 aliphatic rings. The number of para-hydroxylation sites is 2. The van der Waals surface area contributed by atoms with Crippen LogP contribution >= 0.6 is 0 Å². The van der Waals surface area contributed by atoms with Crippen molar-refractivity contribution in [1.29, 1.82) is 0 Å². The average molecular weight is 385 g/mol. The second kappa shape index (κ2) is 9.92. The van der Waals surface area contributed by atoms with Crippen molar-refractivity contribution in [3.05, 3.63) is 84.1 Å². The van der Waals surface area contributed by atoms with Gasteiger partial charge in [0.05, 0.1) is 19.9 Å². The largest absolute Gasteiger partial charge is 0.496 e. The highest BCUT2D eigenvalue weighted by molar-refractivity contribution is 5.33. The molecule has 0 fully saturated rings. The fourth-order valence-electron chi connectivity index (χ4n) is 2.98. The maximum atomic E-state index is 13.7. The molecule has 2 aromatic carbocycles. The second-order valence-electron chi connectivity index (χ2n) is 6.46. The maximum Gasteiger partial charge on any atom is 0.165 e. The molecule has 1 heterocycles. The predicted octanol–water partition coefficient (Wildman–Crippen LogP) is 3.87. The van der Waals surface area contributed by atoms with Gasteiger partial charge in [0.2, 0.25) is 0 Å². The quantitative estimate of drug-likeness (QED) is 0.574. The molecule has 0 aliphatic carbocycles. The lowest BCUT2D eigenvalue weighted by atomic mass is 10.1. The van der Waals surface area contributed by atoms with E-state index in [1.54, 1.807) is 25.5 Å². The molecule has 3 rings (SSSR count). The van der Waals surface area contributed by atoms with E-state index < -0.39 is 11.9 Å². The van der Waals surface area contributed by atoms with Gasteiger partial charge in [0.1, 0.15) is 24.2 Å². The summed E-state index contributed by atoms with van der Waals surface area (Å²) in [5.41, 5.74) is 0.999. The minimum atomic E-state index is -0.802. The Morgan fingerprint density at radius 1 is 1.00 bits per heavy atom. The zero-order chi connectivity index (χ0) is 19.8. The van der Waals surface area contributed by atoms with Crippen molar-refractivity contribution in [1.82, 2.24) is 4.90 Å². The van der Waals surface area contributed by atoms with E-state index in [0.29, 0.717) is 19.6 Å². The maximum absolute atomic E-state index is 13.7. The van der Waals surface area contributed by atoms with Gasteiger partial charge < -0.3 is 19.0 Å². The minimum Gasteiger partial charge on any atom is -0.496 e. The summed E-state index contributed by atoms with van der Waals surface area (Å²) in [5, 5.41) is 10.5. The Bertz CT molecular complexity index is 853. The number of benzene rings is 2. The zero-order valence-electron chi connectivity index (χ0n) is 15.8. The summed E-state index contributed by atoms with van der Waals surface area (Å²) >= 11 is 0. The van der Waals surface area contributed by atoms with Crippen LogP contribution in [0, 0.1) is 5.82 Å². The predicted molar refractivity (Wildman–Crippen MR) is 104 cm³/mol. The van der Waals surface area contributed by atoms with E-state index >= 15 is 0 Å². The van der Waals surface area contributed by atoms with Crippen LogP contribution in [0.1, 0.15) is 11.3 Å². The SMILES string of the molecule is COc1ccccc1CN(Cc1ccco1)CC(O)COc1ccccc1F. The molecule has 1 aromatic heterocycles. The first-order valence-electron chi connectivity index (χ1n) is 9.07. The molecular weight excluding hydrogens is 361 g/mol. The molecule has 1 unspecified atom stereocenters. The molecule has 0 spiro atoms. The van der Waals surface area contributed by atoms with E-state index in [0.717, 1.165) is 17.1 Å². The van der Waals surface area contributed by atoms with Crippen molar-refractivity contribution < 1.29 is 23.4 Å². The number of rotatable bonds is 10. The normalized spacial score (nSPS) is 12.1. The van der Waals surface area contributed by atoms with E-state index in [9.17, 15) is 9.50 Å². The van der Waals surface area contributed by atoms with Crippen LogP contribution in [0.4, 0.5) is 4.39 Å². The number of aliphatic hydroxyl groups is 1. The van der Waals surface area contributed by atoms with Crippen LogP contribution in [0.2, 0.25) is 0 Å². The van der Waals surface area contributed by atoms with Gasteiger partial charge >= 0.3 is 0 Å². The molecule has 0 bridgehead atoms. The highest BCUT2D eigenvalue weighted by Crippen LogP contribution is 2.21. The summed E-state index contributed by atoms with van der Waals surface area (Å²) in [4.78, 5) is 2.03. The van der Waals surface area contributed by atoms with Crippen LogP contribution in [0.15, 0.2) is 71.3 Å². The van der Waals surface area contributed by atoms with Crippen molar-refractivity contribution in [3.8, 4) is 11.5 Å². The Labute approximate surface area is 163 Å². The Balaban J connectivity index is 1.65. The molecule has 148 valence electrons. The van der Waals surface area contributed by atoms with Crippen molar-refractivity contribution in [3.63, 3.8) is 0 Å². The van der Waals surface area contributed by atoms with Gasteiger partial charge in [-0.05, 0) is 30.3 Å². The summed E-state index contributed by atoms with van der Waals surface area (Å²) in [6.45, 7) is 1.39. The van der Waals surface area contributed by atoms with Crippen molar-refractivity contribution in [2.24, 2.45) is 0 Å². The van der Waals surface area contributed by atoms with E-state index in [2.05, 4.69) is 0 Å². The van der Waals surface area contributed by atoms with Crippen molar-refractivity contribution in [2.45, 2.75) is 19.2 Å². The molecule has 3 aromatic rings. The van der Waals surface area contributed by atoms with Crippen LogP contribution in [0.25, 0.3) is 0 Å².